The molecule has 1 N–H and O–H groups in total. The number of benzene rings is 1. The Labute approximate surface area is 155 Å². The van der Waals surface area contributed by atoms with Crippen LogP contribution in [-0.4, -0.2) is 42.5 Å². The van der Waals surface area contributed by atoms with Gasteiger partial charge >= 0.3 is 0 Å². The lowest BCUT2D eigenvalue weighted by Crippen LogP contribution is -3.23. The molecule has 1 saturated heterocycles. The summed E-state index contributed by atoms with van der Waals surface area (Å²) in [6, 6.07) is 7.44. The second-order valence-electron chi connectivity index (χ2n) is 9.07. The van der Waals surface area contributed by atoms with Crippen molar-refractivity contribution >= 4 is 17.5 Å². The molecule has 1 aromatic carbocycles. The summed E-state index contributed by atoms with van der Waals surface area (Å²) in [7, 11) is 0. The maximum atomic E-state index is 12.8. The fourth-order valence-electron chi connectivity index (χ4n) is 6.86. The molecule has 4 saturated carbocycles. The zero-order chi connectivity index (χ0) is 17.0. The van der Waals surface area contributed by atoms with Crippen LogP contribution < -0.4 is 4.90 Å². The molecule has 5 aliphatic rings. The van der Waals surface area contributed by atoms with Crippen LogP contribution in [0.25, 0.3) is 0 Å². The molecule has 0 atom stereocenters. The van der Waals surface area contributed by atoms with Gasteiger partial charge in [-0.25, -0.2) is 0 Å². The normalized spacial score (nSPS) is 37.5. The molecule has 0 unspecified atom stereocenters. The standard InChI is InChI=1S/C21H27ClN2O/c22-19-4-2-1-3-18(19)20(25)23-5-7-24(8-6-23)21-12-15-9-16(13-21)11-17(10-15)14-21/h1-4,15-17H,5-14H2/p+1. The van der Waals surface area contributed by atoms with Gasteiger partial charge in [-0.15, -0.1) is 0 Å². The monoisotopic (exact) mass is 359 g/mol. The van der Waals surface area contributed by atoms with Gasteiger partial charge in [0.05, 0.1) is 42.3 Å². The summed E-state index contributed by atoms with van der Waals surface area (Å²) in [6.07, 6.45) is 8.86. The molecule has 1 amide bonds. The Morgan fingerprint density at radius 2 is 1.56 bits per heavy atom. The minimum atomic E-state index is 0.107. The molecule has 134 valence electrons. The summed E-state index contributed by atoms with van der Waals surface area (Å²) < 4.78 is 0. The Bertz CT molecular complexity index is 645. The van der Waals surface area contributed by atoms with Crippen LogP contribution in [0.15, 0.2) is 24.3 Å². The van der Waals surface area contributed by atoms with Gasteiger partial charge in [0, 0.05) is 19.3 Å². The van der Waals surface area contributed by atoms with Crippen LogP contribution in [0.4, 0.5) is 0 Å². The predicted molar refractivity (Wildman–Crippen MR) is 99.0 cm³/mol. The second-order valence-corrected chi connectivity index (χ2v) is 9.48. The molecule has 0 spiro atoms. The number of quaternary nitrogens is 1. The Hall–Kier alpha value is -1.06. The Balaban J connectivity index is 1.28. The molecule has 1 aliphatic heterocycles. The molecule has 4 aliphatic carbocycles. The highest BCUT2D eigenvalue weighted by molar-refractivity contribution is 6.33. The van der Waals surface area contributed by atoms with Crippen molar-refractivity contribution in [3.05, 3.63) is 34.9 Å². The van der Waals surface area contributed by atoms with Gasteiger partial charge in [-0.05, 0) is 49.1 Å². The smallest absolute Gasteiger partial charge is 0.255 e. The van der Waals surface area contributed by atoms with Gasteiger partial charge in [0.2, 0.25) is 0 Å². The summed E-state index contributed by atoms with van der Waals surface area (Å²) in [4.78, 5) is 16.6. The molecule has 4 heteroatoms. The summed E-state index contributed by atoms with van der Waals surface area (Å²) in [5, 5.41) is 0.573. The van der Waals surface area contributed by atoms with E-state index in [1.54, 1.807) is 4.90 Å². The molecule has 0 radical (unpaired) electrons. The van der Waals surface area contributed by atoms with Crippen LogP contribution in [0.3, 0.4) is 0 Å². The number of piperazine rings is 1. The van der Waals surface area contributed by atoms with Gasteiger partial charge in [-0.3, -0.25) is 4.79 Å². The summed E-state index contributed by atoms with van der Waals surface area (Å²) >= 11 is 6.23. The number of nitrogens with one attached hydrogen (secondary N) is 1. The molecular weight excluding hydrogens is 332 g/mol. The van der Waals surface area contributed by atoms with E-state index < -0.39 is 0 Å². The van der Waals surface area contributed by atoms with Gasteiger partial charge in [0.25, 0.3) is 5.91 Å². The third-order valence-corrected chi connectivity index (χ3v) is 7.88. The number of carbonyl (C=O) groups is 1. The minimum Gasteiger partial charge on any atom is -0.327 e. The molecule has 1 aromatic rings. The van der Waals surface area contributed by atoms with Gasteiger partial charge in [-0.1, -0.05) is 23.7 Å². The van der Waals surface area contributed by atoms with Crippen LogP contribution in [0.5, 0.6) is 0 Å². The number of halogens is 1. The van der Waals surface area contributed by atoms with E-state index in [0.29, 0.717) is 16.1 Å². The van der Waals surface area contributed by atoms with E-state index in [4.69, 9.17) is 11.6 Å². The topological polar surface area (TPSA) is 24.8 Å². The summed E-state index contributed by atoms with van der Waals surface area (Å²) in [5.41, 5.74) is 1.20. The molecule has 5 fully saturated rings. The zero-order valence-corrected chi connectivity index (χ0v) is 15.6. The fourth-order valence-corrected chi connectivity index (χ4v) is 7.08. The second kappa shape index (κ2) is 5.99. The molecule has 6 rings (SSSR count). The Morgan fingerprint density at radius 1 is 1.00 bits per heavy atom. The quantitative estimate of drug-likeness (QED) is 0.862. The molecule has 0 aromatic heterocycles. The van der Waals surface area contributed by atoms with Crippen LogP contribution in [-0.2, 0) is 0 Å². The third-order valence-electron chi connectivity index (χ3n) is 7.55. The lowest BCUT2D eigenvalue weighted by atomic mass is 9.52. The predicted octanol–water partition coefficient (Wildman–Crippen LogP) is 2.65. The highest BCUT2D eigenvalue weighted by Gasteiger charge is 2.56. The lowest BCUT2D eigenvalue weighted by Gasteiger charge is -2.59. The Morgan fingerprint density at radius 3 is 2.12 bits per heavy atom. The van der Waals surface area contributed by atoms with Crippen LogP contribution in [0, 0.1) is 17.8 Å². The van der Waals surface area contributed by atoms with E-state index in [1.165, 1.54) is 38.5 Å². The average Bonchev–Trinajstić information content (AvgIpc) is 2.61. The van der Waals surface area contributed by atoms with Crippen molar-refractivity contribution in [3.63, 3.8) is 0 Å². The number of nitrogens with zero attached hydrogens (tertiary/aromatic N) is 1. The molecule has 1 heterocycles. The fraction of sp³-hybridized carbons (Fsp3) is 0.667. The molecule has 25 heavy (non-hydrogen) atoms. The SMILES string of the molecule is O=C(c1ccccc1Cl)N1CC[NH+](C23CC4CC(CC(C4)C2)C3)CC1. The van der Waals surface area contributed by atoms with Gasteiger partial charge in [0.15, 0.2) is 0 Å². The number of amides is 1. The highest BCUT2D eigenvalue weighted by Crippen LogP contribution is 2.54. The molecular formula is C21H28ClN2O+. The first kappa shape index (κ1) is 16.1. The van der Waals surface area contributed by atoms with Crippen molar-refractivity contribution in [3.8, 4) is 0 Å². The van der Waals surface area contributed by atoms with Crippen molar-refractivity contribution in [1.82, 2.24) is 4.90 Å². The number of hydrogen-bond acceptors (Lipinski definition) is 1. The first-order valence-corrected chi connectivity index (χ1v) is 10.4. The summed E-state index contributed by atoms with van der Waals surface area (Å²) in [5.74, 6) is 3.11. The third kappa shape index (κ3) is 2.71. The first-order chi connectivity index (χ1) is 12.1. The van der Waals surface area contributed by atoms with Crippen molar-refractivity contribution in [2.45, 2.75) is 44.1 Å². The number of rotatable bonds is 2. The van der Waals surface area contributed by atoms with E-state index >= 15 is 0 Å². The van der Waals surface area contributed by atoms with E-state index in [0.717, 1.165) is 43.9 Å². The Kier molecular flexibility index (Phi) is 3.87. The minimum absolute atomic E-state index is 0.107. The van der Waals surface area contributed by atoms with E-state index in [2.05, 4.69) is 0 Å². The summed E-state index contributed by atoms with van der Waals surface area (Å²) in [6.45, 7) is 3.98. The maximum absolute atomic E-state index is 12.8. The van der Waals surface area contributed by atoms with E-state index in [-0.39, 0.29) is 5.91 Å². The van der Waals surface area contributed by atoms with Crippen molar-refractivity contribution < 1.29 is 9.69 Å². The van der Waals surface area contributed by atoms with Gasteiger partial charge in [0.1, 0.15) is 0 Å². The van der Waals surface area contributed by atoms with Crippen LogP contribution in [0.1, 0.15) is 48.9 Å². The van der Waals surface area contributed by atoms with Crippen LogP contribution >= 0.6 is 11.6 Å². The van der Waals surface area contributed by atoms with Crippen LogP contribution in [0.2, 0.25) is 5.02 Å². The number of carbonyl (C=O) groups excluding carboxylic acids is 1. The van der Waals surface area contributed by atoms with E-state index in [1.807, 2.05) is 29.2 Å². The highest BCUT2D eigenvalue weighted by atomic mass is 35.5. The van der Waals surface area contributed by atoms with Crippen molar-refractivity contribution in [2.75, 3.05) is 26.2 Å². The largest absolute Gasteiger partial charge is 0.327 e. The number of hydrogen-bond donors (Lipinski definition) is 1. The zero-order valence-electron chi connectivity index (χ0n) is 14.8. The maximum Gasteiger partial charge on any atom is 0.255 e. The lowest BCUT2D eigenvalue weighted by molar-refractivity contribution is -0.962. The average molecular weight is 360 g/mol. The van der Waals surface area contributed by atoms with Crippen molar-refractivity contribution in [1.29, 1.82) is 0 Å². The van der Waals surface area contributed by atoms with Gasteiger partial charge < -0.3 is 9.80 Å². The first-order valence-electron chi connectivity index (χ1n) is 10.0. The van der Waals surface area contributed by atoms with Gasteiger partial charge in [-0.2, -0.15) is 0 Å². The molecule has 3 nitrogen and oxygen atoms in total. The van der Waals surface area contributed by atoms with Crippen molar-refractivity contribution in [2.24, 2.45) is 17.8 Å². The van der Waals surface area contributed by atoms with E-state index in [9.17, 15) is 4.79 Å². The molecule has 4 bridgehead atoms.